The molecule has 0 saturated carbocycles. The van der Waals surface area contributed by atoms with Crippen molar-refractivity contribution in [3.63, 3.8) is 0 Å². The number of hydrogen-bond donors (Lipinski definition) is 1. The van der Waals surface area contributed by atoms with Gasteiger partial charge in [0.05, 0.1) is 16.1 Å². The number of benzene rings is 5. The van der Waals surface area contributed by atoms with Crippen LogP contribution in [0.25, 0.3) is 0 Å². The van der Waals surface area contributed by atoms with Crippen LogP contribution in [-0.4, -0.2) is 14.3 Å². The standard InChI is InChI=1S/C37H35N3O3S/c1-4-28-14-16-30(17-15-28)36-39(25-29-8-6-5-7-9-29)35-23-22-33(44(42,43)38-31-18-10-26(2)11-19-31)24-34(35)37(41)40(36)32-20-12-27(3)13-21-32/h5-24,36,38H,4,25H2,1-3H3/t36-/m0/s1. The SMILES string of the molecule is CCc1ccc([C@H]2N(Cc3ccccc3)c3ccc(S(=O)(=O)Nc4ccc(C)cc4)cc3C(=O)N2c2ccc(C)cc2)cc1. The van der Waals surface area contributed by atoms with Gasteiger partial charge in [-0.25, -0.2) is 8.42 Å². The van der Waals surface area contributed by atoms with Crippen molar-refractivity contribution in [3.05, 3.63) is 155 Å². The van der Waals surface area contributed by atoms with Gasteiger partial charge in [0.1, 0.15) is 6.17 Å². The molecule has 44 heavy (non-hydrogen) atoms. The summed E-state index contributed by atoms with van der Waals surface area (Å²) in [4.78, 5) is 18.6. The largest absolute Gasteiger partial charge is 0.342 e. The van der Waals surface area contributed by atoms with Crippen molar-refractivity contribution in [1.29, 1.82) is 0 Å². The van der Waals surface area contributed by atoms with E-state index in [0.29, 0.717) is 23.5 Å². The fourth-order valence-corrected chi connectivity index (χ4v) is 6.71. The molecule has 0 aliphatic carbocycles. The summed E-state index contributed by atoms with van der Waals surface area (Å²) in [7, 11) is -3.96. The highest BCUT2D eigenvalue weighted by molar-refractivity contribution is 7.92. The van der Waals surface area contributed by atoms with Gasteiger partial charge in [0, 0.05) is 17.9 Å². The Bertz CT molecular complexity index is 1890. The highest BCUT2D eigenvalue weighted by Gasteiger charge is 2.40. The first kappa shape index (κ1) is 29.2. The van der Waals surface area contributed by atoms with Crippen LogP contribution in [0, 0.1) is 13.8 Å². The Hall–Kier alpha value is -4.88. The smallest absolute Gasteiger partial charge is 0.262 e. The number of nitrogens with zero attached hydrogens (tertiary/aromatic N) is 2. The van der Waals surface area contributed by atoms with Gasteiger partial charge in [-0.05, 0) is 79.4 Å². The molecule has 1 heterocycles. The minimum Gasteiger partial charge on any atom is -0.342 e. The lowest BCUT2D eigenvalue weighted by Gasteiger charge is -2.46. The fourth-order valence-electron chi connectivity index (χ4n) is 5.62. The Morgan fingerprint density at radius 2 is 1.36 bits per heavy atom. The van der Waals surface area contributed by atoms with Crippen LogP contribution in [0.4, 0.5) is 17.1 Å². The zero-order chi connectivity index (χ0) is 30.8. The summed E-state index contributed by atoms with van der Waals surface area (Å²) in [6.45, 7) is 6.59. The molecular weight excluding hydrogens is 566 g/mol. The second kappa shape index (κ2) is 12.0. The first-order valence-electron chi connectivity index (χ1n) is 14.8. The topological polar surface area (TPSA) is 69.7 Å². The van der Waals surface area contributed by atoms with Gasteiger partial charge in [-0.1, -0.05) is 96.9 Å². The minimum atomic E-state index is -3.96. The lowest BCUT2D eigenvalue weighted by Crippen LogP contribution is -2.49. The summed E-state index contributed by atoms with van der Waals surface area (Å²) in [5, 5.41) is 0. The summed E-state index contributed by atoms with van der Waals surface area (Å²) < 4.78 is 29.7. The summed E-state index contributed by atoms with van der Waals surface area (Å²) in [5.74, 6) is -0.259. The zero-order valence-corrected chi connectivity index (χ0v) is 25.9. The molecule has 0 fully saturated rings. The van der Waals surface area contributed by atoms with Gasteiger partial charge < -0.3 is 4.90 Å². The summed E-state index contributed by atoms with van der Waals surface area (Å²) >= 11 is 0. The predicted molar refractivity (Wildman–Crippen MR) is 178 cm³/mol. The Morgan fingerprint density at radius 1 is 0.727 bits per heavy atom. The maximum absolute atomic E-state index is 14.6. The van der Waals surface area contributed by atoms with Crippen molar-refractivity contribution in [1.82, 2.24) is 0 Å². The van der Waals surface area contributed by atoms with E-state index in [9.17, 15) is 13.2 Å². The lowest BCUT2D eigenvalue weighted by atomic mass is 9.98. The number of rotatable bonds is 8. The van der Waals surface area contributed by atoms with Gasteiger partial charge in [-0.2, -0.15) is 0 Å². The van der Waals surface area contributed by atoms with E-state index in [1.165, 1.54) is 11.6 Å². The Balaban J connectivity index is 1.51. The van der Waals surface area contributed by atoms with Gasteiger partial charge in [-0.15, -0.1) is 0 Å². The summed E-state index contributed by atoms with van der Waals surface area (Å²) in [6.07, 6.45) is 0.452. The second-order valence-electron chi connectivity index (χ2n) is 11.2. The number of carbonyl (C=O) groups excluding carboxylic acids is 1. The molecule has 0 aromatic heterocycles. The average Bonchev–Trinajstić information content (AvgIpc) is 3.04. The van der Waals surface area contributed by atoms with Crippen molar-refractivity contribution in [2.75, 3.05) is 14.5 Å². The molecule has 1 amide bonds. The van der Waals surface area contributed by atoms with Gasteiger partial charge >= 0.3 is 0 Å². The van der Waals surface area contributed by atoms with E-state index in [1.54, 1.807) is 29.2 Å². The number of anilines is 3. The quantitative estimate of drug-likeness (QED) is 0.196. The van der Waals surface area contributed by atoms with E-state index < -0.39 is 16.2 Å². The van der Waals surface area contributed by atoms with Crippen molar-refractivity contribution in [3.8, 4) is 0 Å². The maximum Gasteiger partial charge on any atom is 0.262 e. The number of amides is 1. The van der Waals surface area contributed by atoms with Crippen LogP contribution in [0.15, 0.2) is 126 Å². The van der Waals surface area contributed by atoms with Crippen LogP contribution in [-0.2, 0) is 23.0 Å². The van der Waals surface area contributed by atoms with Crippen LogP contribution in [0.1, 0.15) is 51.3 Å². The average molecular weight is 602 g/mol. The van der Waals surface area contributed by atoms with Crippen LogP contribution in [0.2, 0.25) is 0 Å². The monoisotopic (exact) mass is 601 g/mol. The molecule has 0 saturated heterocycles. The molecule has 6 rings (SSSR count). The first-order valence-corrected chi connectivity index (χ1v) is 16.2. The highest BCUT2D eigenvalue weighted by atomic mass is 32.2. The van der Waals surface area contributed by atoms with Crippen molar-refractivity contribution >= 4 is 33.0 Å². The van der Waals surface area contributed by atoms with Crippen molar-refractivity contribution in [2.45, 2.75) is 44.8 Å². The van der Waals surface area contributed by atoms with Gasteiger partial charge in [0.25, 0.3) is 15.9 Å². The van der Waals surface area contributed by atoms with Crippen LogP contribution in [0.5, 0.6) is 0 Å². The Kier molecular flexibility index (Phi) is 7.97. The van der Waals surface area contributed by atoms with Crippen molar-refractivity contribution < 1.29 is 13.2 Å². The molecule has 1 aliphatic heterocycles. The van der Waals surface area contributed by atoms with E-state index >= 15 is 0 Å². The number of aryl methyl sites for hydroxylation is 3. The predicted octanol–water partition coefficient (Wildman–Crippen LogP) is 8.03. The third-order valence-corrected chi connectivity index (χ3v) is 9.45. The van der Waals surface area contributed by atoms with E-state index in [1.807, 2.05) is 68.4 Å². The zero-order valence-electron chi connectivity index (χ0n) is 25.1. The minimum absolute atomic E-state index is 0.0273. The molecular formula is C37H35N3O3S. The van der Waals surface area contributed by atoms with E-state index in [2.05, 4.69) is 52.9 Å². The van der Waals surface area contributed by atoms with Gasteiger partial charge in [0.15, 0.2) is 0 Å². The summed E-state index contributed by atoms with van der Waals surface area (Å²) in [5.41, 5.74) is 7.57. The van der Waals surface area contributed by atoms with Crippen LogP contribution >= 0.6 is 0 Å². The third kappa shape index (κ3) is 5.83. The molecule has 0 bridgehead atoms. The molecule has 7 heteroatoms. The number of sulfonamides is 1. The molecule has 222 valence electrons. The lowest BCUT2D eigenvalue weighted by molar-refractivity contribution is 0.0968. The number of carbonyl (C=O) groups is 1. The van der Waals surface area contributed by atoms with E-state index in [-0.39, 0.29) is 10.8 Å². The molecule has 5 aromatic carbocycles. The molecule has 0 spiro atoms. The van der Waals surface area contributed by atoms with E-state index in [0.717, 1.165) is 34.4 Å². The number of fused-ring (bicyclic) bond motifs is 1. The molecule has 1 atom stereocenters. The molecule has 6 nitrogen and oxygen atoms in total. The second-order valence-corrected chi connectivity index (χ2v) is 12.9. The number of hydrogen-bond acceptors (Lipinski definition) is 4. The van der Waals surface area contributed by atoms with Gasteiger partial charge in [0.2, 0.25) is 0 Å². The Morgan fingerprint density at radius 3 is 2.00 bits per heavy atom. The fraction of sp³-hybridized carbons (Fsp3) is 0.162. The number of nitrogens with one attached hydrogen (secondary N) is 1. The first-order chi connectivity index (χ1) is 21.2. The summed E-state index contributed by atoms with van der Waals surface area (Å²) in [6, 6.07) is 38.4. The van der Waals surface area contributed by atoms with Gasteiger partial charge in [-0.3, -0.25) is 14.4 Å². The molecule has 0 unspecified atom stereocenters. The normalized spacial score (nSPS) is 14.8. The highest BCUT2D eigenvalue weighted by Crippen LogP contribution is 2.43. The van der Waals surface area contributed by atoms with Crippen molar-refractivity contribution in [2.24, 2.45) is 0 Å². The molecule has 0 radical (unpaired) electrons. The molecule has 1 aliphatic rings. The third-order valence-electron chi connectivity index (χ3n) is 8.07. The molecule has 1 N–H and O–H groups in total. The van der Waals surface area contributed by atoms with Crippen LogP contribution in [0.3, 0.4) is 0 Å². The Labute approximate surface area is 259 Å². The van der Waals surface area contributed by atoms with Crippen LogP contribution < -0.4 is 14.5 Å². The maximum atomic E-state index is 14.6. The molecule has 5 aromatic rings. The van der Waals surface area contributed by atoms with E-state index in [4.69, 9.17) is 0 Å².